The van der Waals surface area contributed by atoms with Gasteiger partial charge in [0.1, 0.15) is 5.58 Å². The first kappa shape index (κ1) is 30.2. The van der Waals surface area contributed by atoms with Crippen molar-refractivity contribution in [3.63, 3.8) is 0 Å². The SMILES string of the molecule is CC1(c2ccc3oc4c(N(c5ccc(-c6ccccc6)cc5)c5ccc(-c6ccccc6)cc5)cccc4c3c2)c2ccccc2-c2ccccc21. The van der Waals surface area contributed by atoms with E-state index in [4.69, 9.17) is 4.42 Å². The van der Waals surface area contributed by atoms with Crippen LogP contribution in [-0.4, -0.2) is 0 Å². The van der Waals surface area contributed by atoms with Crippen molar-refractivity contribution < 1.29 is 4.42 Å². The zero-order valence-electron chi connectivity index (χ0n) is 28.8. The van der Waals surface area contributed by atoms with Crippen LogP contribution in [0, 0.1) is 0 Å². The summed E-state index contributed by atoms with van der Waals surface area (Å²) in [6.45, 7) is 2.37. The molecule has 2 heteroatoms. The minimum atomic E-state index is -0.282. The normalized spacial score (nSPS) is 12.9. The molecule has 2 nitrogen and oxygen atoms in total. The largest absolute Gasteiger partial charge is 0.454 e. The molecule has 0 aliphatic heterocycles. The minimum absolute atomic E-state index is 0.282. The van der Waals surface area contributed by atoms with Gasteiger partial charge in [0.05, 0.1) is 5.69 Å². The van der Waals surface area contributed by atoms with E-state index in [1.165, 1.54) is 50.1 Å². The fourth-order valence-corrected chi connectivity index (χ4v) is 8.33. The summed E-state index contributed by atoms with van der Waals surface area (Å²) in [5, 5.41) is 2.22. The van der Waals surface area contributed by atoms with E-state index < -0.39 is 0 Å². The predicted octanol–water partition coefficient (Wildman–Crippen LogP) is 13.7. The van der Waals surface area contributed by atoms with Crippen LogP contribution in [0.2, 0.25) is 0 Å². The van der Waals surface area contributed by atoms with E-state index in [0.717, 1.165) is 39.0 Å². The molecule has 0 bridgehead atoms. The van der Waals surface area contributed by atoms with E-state index in [1.54, 1.807) is 0 Å². The summed E-state index contributed by atoms with van der Waals surface area (Å²) >= 11 is 0. The number of para-hydroxylation sites is 1. The molecule has 0 saturated heterocycles. The van der Waals surface area contributed by atoms with Gasteiger partial charge in [-0.1, -0.05) is 152 Å². The second-order valence-electron chi connectivity index (χ2n) is 13.8. The van der Waals surface area contributed by atoms with Crippen LogP contribution in [0.3, 0.4) is 0 Å². The summed E-state index contributed by atoms with van der Waals surface area (Å²) < 4.78 is 6.84. The first-order chi connectivity index (χ1) is 25.7. The van der Waals surface area contributed by atoms with Crippen molar-refractivity contribution in [2.45, 2.75) is 12.3 Å². The van der Waals surface area contributed by atoms with Crippen LogP contribution in [-0.2, 0) is 5.41 Å². The van der Waals surface area contributed by atoms with Crippen molar-refractivity contribution >= 4 is 39.0 Å². The molecule has 0 spiro atoms. The minimum Gasteiger partial charge on any atom is -0.454 e. The number of hydrogen-bond donors (Lipinski definition) is 0. The van der Waals surface area contributed by atoms with Crippen LogP contribution in [0.1, 0.15) is 23.6 Å². The highest BCUT2D eigenvalue weighted by atomic mass is 16.3. The lowest BCUT2D eigenvalue weighted by atomic mass is 9.74. The quantitative estimate of drug-likeness (QED) is 0.176. The summed E-state index contributed by atoms with van der Waals surface area (Å²) in [5.74, 6) is 0. The topological polar surface area (TPSA) is 16.4 Å². The van der Waals surface area contributed by atoms with Crippen LogP contribution >= 0.6 is 0 Å². The third-order valence-electron chi connectivity index (χ3n) is 11.0. The van der Waals surface area contributed by atoms with E-state index in [1.807, 2.05) is 0 Å². The Morgan fingerprint density at radius 2 is 0.923 bits per heavy atom. The molecule has 0 N–H and O–H groups in total. The number of hydrogen-bond acceptors (Lipinski definition) is 2. The van der Waals surface area contributed by atoms with Gasteiger partial charge >= 0.3 is 0 Å². The van der Waals surface area contributed by atoms with Gasteiger partial charge in [-0.15, -0.1) is 0 Å². The van der Waals surface area contributed by atoms with Crippen molar-refractivity contribution in [3.05, 3.63) is 211 Å². The average Bonchev–Trinajstić information content (AvgIpc) is 3.73. The van der Waals surface area contributed by atoms with Gasteiger partial charge in [0.25, 0.3) is 0 Å². The highest BCUT2D eigenvalue weighted by Gasteiger charge is 2.40. The maximum atomic E-state index is 6.84. The molecule has 10 rings (SSSR count). The fourth-order valence-electron chi connectivity index (χ4n) is 8.33. The Morgan fingerprint density at radius 1 is 0.423 bits per heavy atom. The maximum Gasteiger partial charge on any atom is 0.159 e. The molecule has 1 heterocycles. The van der Waals surface area contributed by atoms with Crippen LogP contribution in [0.4, 0.5) is 17.1 Å². The Bertz CT molecular complexity index is 2600. The Labute approximate surface area is 303 Å². The molecule has 0 radical (unpaired) electrons. The third kappa shape index (κ3) is 4.72. The van der Waals surface area contributed by atoms with Gasteiger partial charge in [0, 0.05) is 27.6 Å². The van der Waals surface area contributed by atoms with Gasteiger partial charge in [0.15, 0.2) is 5.58 Å². The maximum absolute atomic E-state index is 6.84. The number of nitrogens with zero attached hydrogens (tertiary/aromatic N) is 1. The first-order valence-corrected chi connectivity index (χ1v) is 17.9. The standard InChI is InChI=1S/C50H35NO/c1-50(45-20-10-8-17-41(45)42-18-9-11-21-46(42)50)38-27-32-48-44(33-38)43-19-12-22-47(49(43)52-48)51(39-28-23-36(24-29-39)34-13-4-2-5-14-34)40-30-25-37(26-31-40)35-15-6-3-7-16-35/h2-33H,1H3. The molecule has 0 saturated carbocycles. The van der Waals surface area contributed by atoms with Gasteiger partial charge in [-0.2, -0.15) is 0 Å². The molecule has 0 fully saturated rings. The second-order valence-corrected chi connectivity index (χ2v) is 13.8. The lowest BCUT2D eigenvalue weighted by molar-refractivity contribution is 0.667. The third-order valence-corrected chi connectivity index (χ3v) is 11.0. The van der Waals surface area contributed by atoms with E-state index >= 15 is 0 Å². The molecule has 52 heavy (non-hydrogen) atoms. The van der Waals surface area contributed by atoms with Gasteiger partial charge in [-0.05, 0) is 99.5 Å². The fraction of sp³-hybridized carbons (Fsp3) is 0.0400. The molecule has 1 aromatic heterocycles. The highest BCUT2D eigenvalue weighted by molar-refractivity contribution is 6.10. The summed E-state index contributed by atoms with van der Waals surface area (Å²) in [7, 11) is 0. The first-order valence-electron chi connectivity index (χ1n) is 17.9. The van der Waals surface area contributed by atoms with Crippen LogP contribution < -0.4 is 4.90 Å². The molecular weight excluding hydrogens is 631 g/mol. The predicted molar refractivity (Wildman–Crippen MR) is 217 cm³/mol. The molecule has 0 amide bonds. The van der Waals surface area contributed by atoms with E-state index in [9.17, 15) is 0 Å². The Kier molecular flexibility index (Phi) is 6.97. The van der Waals surface area contributed by atoms with Crippen LogP contribution in [0.15, 0.2) is 199 Å². The zero-order valence-corrected chi connectivity index (χ0v) is 28.8. The summed E-state index contributed by atoms with van der Waals surface area (Å²) in [4.78, 5) is 2.32. The van der Waals surface area contributed by atoms with E-state index in [2.05, 4.69) is 206 Å². The van der Waals surface area contributed by atoms with Crippen molar-refractivity contribution in [1.82, 2.24) is 0 Å². The van der Waals surface area contributed by atoms with Gasteiger partial charge in [-0.3, -0.25) is 0 Å². The molecule has 1 aliphatic rings. The molecule has 0 atom stereocenters. The number of furan rings is 1. The summed E-state index contributed by atoms with van der Waals surface area (Å²) in [5.41, 5.74) is 15.9. The zero-order chi connectivity index (χ0) is 34.6. The molecule has 246 valence electrons. The van der Waals surface area contributed by atoms with Crippen LogP contribution in [0.25, 0.3) is 55.3 Å². The van der Waals surface area contributed by atoms with Crippen molar-refractivity contribution in [2.24, 2.45) is 0 Å². The second kappa shape index (κ2) is 12.0. The molecule has 8 aromatic carbocycles. The van der Waals surface area contributed by atoms with Gasteiger partial charge < -0.3 is 9.32 Å². The highest BCUT2D eigenvalue weighted by Crippen LogP contribution is 2.53. The Morgan fingerprint density at radius 3 is 1.48 bits per heavy atom. The number of benzene rings is 8. The van der Waals surface area contributed by atoms with Gasteiger partial charge in [0.2, 0.25) is 0 Å². The monoisotopic (exact) mass is 665 g/mol. The number of fused-ring (bicyclic) bond motifs is 6. The molecular formula is C50H35NO. The summed E-state index contributed by atoms with van der Waals surface area (Å²) in [6.07, 6.45) is 0. The van der Waals surface area contributed by atoms with Crippen molar-refractivity contribution in [2.75, 3.05) is 4.90 Å². The average molecular weight is 666 g/mol. The lowest BCUT2D eigenvalue weighted by Crippen LogP contribution is -2.22. The summed E-state index contributed by atoms with van der Waals surface area (Å²) in [6, 6.07) is 69.7. The Balaban J connectivity index is 1.13. The van der Waals surface area contributed by atoms with Crippen molar-refractivity contribution in [3.8, 4) is 33.4 Å². The van der Waals surface area contributed by atoms with Gasteiger partial charge in [-0.25, -0.2) is 0 Å². The molecule has 1 aliphatic carbocycles. The smallest absolute Gasteiger partial charge is 0.159 e. The van der Waals surface area contributed by atoms with Crippen molar-refractivity contribution in [1.29, 1.82) is 0 Å². The number of anilines is 3. The Hall–Kier alpha value is -6.64. The lowest BCUT2D eigenvalue weighted by Gasteiger charge is -2.28. The van der Waals surface area contributed by atoms with E-state index in [0.29, 0.717) is 0 Å². The van der Waals surface area contributed by atoms with Crippen LogP contribution in [0.5, 0.6) is 0 Å². The molecule has 0 unspecified atom stereocenters. The number of rotatable bonds is 6. The molecule has 9 aromatic rings. The van der Waals surface area contributed by atoms with E-state index in [-0.39, 0.29) is 5.41 Å².